The van der Waals surface area contributed by atoms with Crippen LogP contribution in [-0.2, 0) is 23.0 Å². The lowest BCUT2D eigenvalue weighted by Gasteiger charge is -2.33. The second-order valence-corrected chi connectivity index (χ2v) is 8.86. The van der Waals surface area contributed by atoms with Crippen molar-refractivity contribution in [1.29, 1.82) is 0 Å². The highest BCUT2D eigenvalue weighted by Gasteiger charge is 2.33. The standard InChI is InChI=1S/C20H20F2N4O3S/c21-16-7-4-8-17(22)20(16)30(27,28)26-11-9-25(10-12-26)14-19-24-23-18(29-19)13-15-5-2-1-3-6-15/h1-8H,9-14H2. The molecule has 0 bridgehead atoms. The molecule has 10 heteroatoms. The fraction of sp³-hybridized carbons (Fsp3) is 0.300. The van der Waals surface area contributed by atoms with E-state index in [0.717, 1.165) is 28.1 Å². The van der Waals surface area contributed by atoms with E-state index in [2.05, 4.69) is 10.2 Å². The van der Waals surface area contributed by atoms with Gasteiger partial charge >= 0.3 is 0 Å². The van der Waals surface area contributed by atoms with Gasteiger partial charge in [0.1, 0.15) is 11.6 Å². The topological polar surface area (TPSA) is 79.5 Å². The van der Waals surface area contributed by atoms with Gasteiger partial charge in [-0.1, -0.05) is 36.4 Å². The maximum atomic E-state index is 13.9. The zero-order chi connectivity index (χ0) is 21.1. The Labute approximate surface area is 173 Å². The molecule has 0 amide bonds. The first kappa shape index (κ1) is 20.6. The van der Waals surface area contributed by atoms with Crippen LogP contribution in [-0.4, -0.2) is 54.0 Å². The van der Waals surface area contributed by atoms with Gasteiger partial charge < -0.3 is 4.42 Å². The molecule has 7 nitrogen and oxygen atoms in total. The van der Waals surface area contributed by atoms with Gasteiger partial charge in [0.2, 0.25) is 21.8 Å². The Kier molecular flexibility index (Phi) is 5.89. The van der Waals surface area contributed by atoms with Gasteiger partial charge in [0, 0.05) is 26.2 Å². The minimum Gasteiger partial charge on any atom is -0.424 e. The number of sulfonamides is 1. The molecular formula is C20H20F2N4O3S. The van der Waals surface area contributed by atoms with Gasteiger partial charge in [-0.25, -0.2) is 17.2 Å². The molecule has 2 heterocycles. The first-order chi connectivity index (χ1) is 14.4. The highest BCUT2D eigenvalue weighted by Crippen LogP contribution is 2.24. The average Bonchev–Trinajstić information content (AvgIpc) is 3.15. The lowest BCUT2D eigenvalue weighted by Crippen LogP contribution is -2.48. The third-order valence-corrected chi connectivity index (χ3v) is 6.86. The van der Waals surface area contributed by atoms with Gasteiger partial charge in [0.15, 0.2) is 4.90 Å². The van der Waals surface area contributed by atoms with Crippen molar-refractivity contribution in [1.82, 2.24) is 19.4 Å². The molecule has 3 aromatic rings. The molecule has 30 heavy (non-hydrogen) atoms. The molecule has 0 N–H and O–H groups in total. The minimum atomic E-state index is -4.24. The van der Waals surface area contributed by atoms with Crippen molar-refractivity contribution >= 4 is 10.0 Å². The maximum Gasteiger partial charge on any atom is 0.249 e. The van der Waals surface area contributed by atoms with Crippen molar-refractivity contribution in [3.8, 4) is 0 Å². The number of hydrogen-bond donors (Lipinski definition) is 0. The van der Waals surface area contributed by atoms with Crippen LogP contribution in [0.4, 0.5) is 8.78 Å². The number of nitrogens with zero attached hydrogens (tertiary/aromatic N) is 4. The zero-order valence-corrected chi connectivity index (χ0v) is 16.9. The van der Waals surface area contributed by atoms with Crippen molar-refractivity contribution < 1.29 is 21.6 Å². The van der Waals surface area contributed by atoms with E-state index in [9.17, 15) is 17.2 Å². The number of benzene rings is 2. The fourth-order valence-electron chi connectivity index (χ4n) is 3.37. The van der Waals surface area contributed by atoms with Crippen molar-refractivity contribution in [2.24, 2.45) is 0 Å². The summed E-state index contributed by atoms with van der Waals surface area (Å²) >= 11 is 0. The Balaban J connectivity index is 1.36. The molecule has 1 aliphatic heterocycles. The molecule has 158 valence electrons. The maximum absolute atomic E-state index is 13.9. The van der Waals surface area contributed by atoms with Crippen molar-refractivity contribution in [3.05, 3.63) is 77.5 Å². The van der Waals surface area contributed by atoms with E-state index in [-0.39, 0.29) is 13.1 Å². The monoisotopic (exact) mass is 434 g/mol. The Hall–Kier alpha value is -2.69. The first-order valence-electron chi connectivity index (χ1n) is 9.45. The van der Waals surface area contributed by atoms with E-state index >= 15 is 0 Å². The highest BCUT2D eigenvalue weighted by atomic mass is 32.2. The third-order valence-electron chi connectivity index (χ3n) is 4.91. The van der Waals surface area contributed by atoms with Crippen molar-refractivity contribution in [2.45, 2.75) is 17.9 Å². The number of hydrogen-bond acceptors (Lipinski definition) is 6. The Bertz CT molecular complexity index is 1090. The normalized spacial score (nSPS) is 16.1. The molecule has 1 fully saturated rings. The number of rotatable bonds is 6. The van der Waals surface area contributed by atoms with E-state index in [1.807, 2.05) is 35.2 Å². The average molecular weight is 434 g/mol. The molecule has 0 radical (unpaired) electrons. The Morgan fingerprint density at radius 3 is 2.17 bits per heavy atom. The summed E-state index contributed by atoms with van der Waals surface area (Å²) < 4.78 is 60.0. The van der Waals surface area contributed by atoms with E-state index in [1.54, 1.807) is 0 Å². The van der Waals surface area contributed by atoms with E-state index in [0.29, 0.717) is 37.8 Å². The van der Waals surface area contributed by atoms with Gasteiger partial charge in [0.25, 0.3) is 0 Å². The van der Waals surface area contributed by atoms with E-state index in [4.69, 9.17) is 4.42 Å². The van der Waals surface area contributed by atoms with Gasteiger partial charge in [-0.05, 0) is 17.7 Å². The quantitative estimate of drug-likeness (QED) is 0.593. The predicted molar refractivity (Wildman–Crippen MR) is 104 cm³/mol. The van der Waals surface area contributed by atoms with E-state index < -0.39 is 26.6 Å². The van der Waals surface area contributed by atoms with Crippen LogP contribution in [0.15, 0.2) is 57.8 Å². The smallest absolute Gasteiger partial charge is 0.249 e. The summed E-state index contributed by atoms with van der Waals surface area (Å²) in [6.07, 6.45) is 0.536. The molecule has 2 aromatic carbocycles. The van der Waals surface area contributed by atoms with Crippen LogP contribution in [0.25, 0.3) is 0 Å². The summed E-state index contributed by atoms with van der Waals surface area (Å²) in [6, 6.07) is 12.8. The summed E-state index contributed by atoms with van der Waals surface area (Å²) in [5.74, 6) is -1.23. The molecule has 4 rings (SSSR count). The van der Waals surface area contributed by atoms with Crippen LogP contribution in [0.2, 0.25) is 0 Å². The summed E-state index contributed by atoms with van der Waals surface area (Å²) in [7, 11) is -4.24. The zero-order valence-electron chi connectivity index (χ0n) is 16.0. The van der Waals surface area contributed by atoms with Crippen LogP contribution in [0.1, 0.15) is 17.3 Å². The summed E-state index contributed by atoms with van der Waals surface area (Å²) in [4.78, 5) is 1.06. The lowest BCUT2D eigenvalue weighted by molar-refractivity contribution is 0.167. The second-order valence-electron chi connectivity index (χ2n) is 6.98. The highest BCUT2D eigenvalue weighted by molar-refractivity contribution is 7.89. The molecular weight excluding hydrogens is 414 g/mol. The lowest BCUT2D eigenvalue weighted by atomic mass is 10.2. The second kappa shape index (κ2) is 8.58. The molecule has 0 aliphatic carbocycles. The minimum absolute atomic E-state index is 0.112. The largest absolute Gasteiger partial charge is 0.424 e. The van der Waals surface area contributed by atoms with Crippen LogP contribution in [0.3, 0.4) is 0 Å². The molecule has 0 atom stereocenters. The van der Waals surface area contributed by atoms with Gasteiger partial charge in [-0.15, -0.1) is 10.2 Å². The van der Waals surface area contributed by atoms with E-state index in [1.165, 1.54) is 0 Å². The fourth-order valence-corrected chi connectivity index (χ4v) is 4.90. The molecule has 1 saturated heterocycles. The summed E-state index contributed by atoms with van der Waals surface area (Å²) in [5.41, 5.74) is 1.06. The van der Waals surface area contributed by atoms with Crippen LogP contribution >= 0.6 is 0 Å². The van der Waals surface area contributed by atoms with Crippen molar-refractivity contribution in [2.75, 3.05) is 26.2 Å². The molecule has 0 unspecified atom stereocenters. The SMILES string of the molecule is O=S(=O)(c1c(F)cccc1F)N1CCN(Cc2nnc(Cc3ccccc3)o2)CC1. The number of aromatic nitrogens is 2. The number of piperazine rings is 1. The van der Waals surface area contributed by atoms with Crippen LogP contribution in [0, 0.1) is 11.6 Å². The first-order valence-corrected chi connectivity index (χ1v) is 10.9. The molecule has 1 aromatic heterocycles. The van der Waals surface area contributed by atoms with Crippen LogP contribution in [0.5, 0.6) is 0 Å². The molecule has 0 saturated carbocycles. The number of halogens is 2. The van der Waals surface area contributed by atoms with Crippen LogP contribution < -0.4 is 0 Å². The predicted octanol–water partition coefficient (Wildman–Crippen LogP) is 2.45. The van der Waals surface area contributed by atoms with Gasteiger partial charge in [-0.2, -0.15) is 4.31 Å². The summed E-state index contributed by atoms with van der Waals surface area (Å²) in [5, 5.41) is 8.11. The molecule has 0 spiro atoms. The Morgan fingerprint density at radius 2 is 1.50 bits per heavy atom. The summed E-state index contributed by atoms with van der Waals surface area (Å²) in [6.45, 7) is 1.36. The Morgan fingerprint density at radius 1 is 0.867 bits per heavy atom. The van der Waals surface area contributed by atoms with Crippen molar-refractivity contribution in [3.63, 3.8) is 0 Å². The van der Waals surface area contributed by atoms with Gasteiger partial charge in [0.05, 0.1) is 13.0 Å². The molecule has 1 aliphatic rings. The third kappa shape index (κ3) is 4.40. The van der Waals surface area contributed by atoms with Gasteiger partial charge in [-0.3, -0.25) is 4.90 Å².